The monoisotopic (exact) mass is 283 g/mol. The average molecular weight is 283 g/mol. The minimum absolute atomic E-state index is 0.0952. The molecule has 2 aromatic carbocycles. The first-order valence-electron chi connectivity index (χ1n) is 6.05. The Morgan fingerprint density at radius 1 is 0.850 bits per heavy atom. The van der Waals surface area contributed by atoms with Crippen LogP contribution in [0.5, 0.6) is 0 Å². The molecule has 20 heavy (non-hydrogen) atoms. The number of anilines is 1. The molecule has 2 rings (SSSR count). The molecule has 1 N–H and O–H groups in total. The maximum absolute atomic E-state index is 13.8. The van der Waals surface area contributed by atoms with Crippen LogP contribution in [0.3, 0.4) is 0 Å². The van der Waals surface area contributed by atoms with Gasteiger partial charge < -0.3 is 5.32 Å². The van der Waals surface area contributed by atoms with Gasteiger partial charge in [0.25, 0.3) is 0 Å². The van der Waals surface area contributed by atoms with Crippen molar-refractivity contribution in [3.63, 3.8) is 0 Å². The normalized spacial score (nSPS) is 12.3. The van der Waals surface area contributed by atoms with Gasteiger partial charge in [-0.1, -0.05) is 0 Å². The highest BCUT2D eigenvalue weighted by Gasteiger charge is 2.14. The van der Waals surface area contributed by atoms with Crippen LogP contribution in [0.15, 0.2) is 30.3 Å². The van der Waals surface area contributed by atoms with Crippen LogP contribution in [0.4, 0.5) is 23.2 Å². The van der Waals surface area contributed by atoms with Crippen molar-refractivity contribution < 1.29 is 17.6 Å². The molecule has 5 heteroatoms. The van der Waals surface area contributed by atoms with Gasteiger partial charge in [-0.25, -0.2) is 17.6 Å². The zero-order valence-electron chi connectivity index (χ0n) is 11.0. The Kier molecular flexibility index (Phi) is 3.97. The number of halogens is 4. The molecule has 0 aromatic heterocycles. The molecule has 0 aliphatic heterocycles. The smallest absolute Gasteiger partial charge is 0.128 e. The molecule has 0 heterocycles. The van der Waals surface area contributed by atoms with E-state index in [-0.39, 0.29) is 16.8 Å². The number of hydrogen-bond donors (Lipinski definition) is 1. The summed E-state index contributed by atoms with van der Waals surface area (Å²) in [5, 5.41) is 2.74. The predicted molar refractivity (Wildman–Crippen MR) is 69.5 cm³/mol. The Labute approximate surface area is 114 Å². The number of benzene rings is 2. The van der Waals surface area contributed by atoms with E-state index in [0.717, 1.165) is 30.3 Å². The van der Waals surface area contributed by atoms with Crippen LogP contribution in [0, 0.1) is 30.2 Å². The van der Waals surface area contributed by atoms with E-state index < -0.39 is 29.3 Å². The molecule has 2 aromatic rings. The highest BCUT2D eigenvalue weighted by molar-refractivity contribution is 5.46. The lowest BCUT2D eigenvalue weighted by molar-refractivity contribution is 0.570. The van der Waals surface area contributed by atoms with Gasteiger partial charge in [-0.3, -0.25) is 0 Å². The number of nitrogens with one attached hydrogen (secondary N) is 1. The molecular weight excluding hydrogens is 270 g/mol. The topological polar surface area (TPSA) is 12.0 Å². The van der Waals surface area contributed by atoms with Gasteiger partial charge in [0.15, 0.2) is 0 Å². The van der Waals surface area contributed by atoms with E-state index in [1.807, 2.05) is 0 Å². The molecular formula is C15H13F4N. The third-order valence-corrected chi connectivity index (χ3v) is 2.99. The fraction of sp³-hybridized carbons (Fsp3) is 0.200. The molecule has 1 unspecified atom stereocenters. The molecule has 0 amide bonds. The molecule has 0 spiro atoms. The Balaban J connectivity index is 2.28. The van der Waals surface area contributed by atoms with Crippen molar-refractivity contribution >= 4 is 5.69 Å². The second-order valence-corrected chi connectivity index (χ2v) is 4.65. The van der Waals surface area contributed by atoms with Crippen molar-refractivity contribution in [1.82, 2.24) is 0 Å². The van der Waals surface area contributed by atoms with E-state index in [2.05, 4.69) is 5.32 Å². The van der Waals surface area contributed by atoms with Crippen LogP contribution in [0.2, 0.25) is 0 Å². The third-order valence-electron chi connectivity index (χ3n) is 2.99. The maximum atomic E-state index is 13.8. The molecule has 1 atom stereocenters. The summed E-state index contributed by atoms with van der Waals surface area (Å²) in [7, 11) is 0. The quantitative estimate of drug-likeness (QED) is 0.803. The van der Waals surface area contributed by atoms with E-state index in [1.54, 1.807) is 6.92 Å². The molecule has 0 fully saturated rings. The lowest BCUT2D eigenvalue weighted by Gasteiger charge is -2.17. The molecule has 0 saturated carbocycles. The van der Waals surface area contributed by atoms with E-state index in [4.69, 9.17) is 0 Å². The van der Waals surface area contributed by atoms with E-state index in [9.17, 15) is 17.6 Å². The second kappa shape index (κ2) is 5.53. The predicted octanol–water partition coefficient (Wildman–Crippen LogP) is 4.72. The zero-order chi connectivity index (χ0) is 14.9. The maximum Gasteiger partial charge on any atom is 0.128 e. The Hall–Kier alpha value is -2.04. The molecule has 0 aliphatic carbocycles. The van der Waals surface area contributed by atoms with Crippen molar-refractivity contribution in [1.29, 1.82) is 0 Å². The lowest BCUT2D eigenvalue weighted by Crippen LogP contribution is -2.10. The summed E-state index contributed by atoms with van der Waals surface area (Å²) in [6.07, 6.45) is 0. The van der Waals surface area contributed by atoms with Crippen molar-refractivity contribution in [2.24, 2.45) is 0 Å². The average Bonchev–Trinajstić information content (AvgIpc) is 2.32. The SMILES string of the molecule is Cc1cc(F)c(C(C)Nc2cc(F)cc(F)c2)cc1F. The summed E-state index contributed by atoms with van der Waals surface area (Å²) in [5.41, 5.74) is 0.461. The number of hydrogen-bond acceptors (Lipinski definition) is 1. The van der Waals surface area contributed by atoms with Gasteiger partial charge in [0.1, 0.15) is 23.3 Å². The van der Waals surface area contributed by atoms with Crippen molar-refractivity contribution in [3.05, 3.63) is 64.7 Å². The minimum atomic E-state index is -0.741. The van der Waals surface area contributed by atoms with Crippen molar-refractivity contribution in [3.8, 4) is 0 Å². The fourth-order valence-corrected chi connectivity index (χ4v) is 1.96. The third kappa shape index (κ3) is 3.10. The summed E-state index contributed by atoms with van der Waals surface area (Å²) < 4.78 is 53.4. The van der Waals surface area contributed by atoms with E-state index in [0.29, 0.717) is 0 Å². The Morgan fingerprint density at radius 2 is 1.45 bits per heavy atom. The van der Waals surface area contributed by atoms with Gasteiger partial charge in [0.2, 0.25) is 0 Å². The zero-order valence-corrected chi connectivity index (χ0v) is 11.0. The van der Waals surface area contributed by atoms with Gasteiger partial charge in [-0.15, -0.1) is 0 Å². The minimum Gasteiger partial charge on any atom is -0.378 e. The van der Waals surface area contributed by atoms with E-state index >= 15 is 0 Å². The van der Waals surface area contributed by atoms with Gasteiger partial charge in [-0.2, -0.15) is 0 Å². The van der Waals surface area contributed by atoms with E-state index in [1.165, 1.54) is 6.92 Å². The first kappa shape index (κ1) is 14.4. The molecule has 0 saturated heterocycles. The first-order valence-corrected chi connectivity index (χ1v) is 6.05. The number of aryl methyl sites for hydroxylation is 1. The highest BCUT2D eigenvalue weighted by atomic mass is 19.1. The van der Waals surface area contributed by atoms with Crippen LogP contribution in [-0.2, 0) is 0 Å². The van der Waals surface area contributed by atoms with Crippen LogP contribution in [-0.4, -0.2) is 0 Å². The molecule has 1 nitrogen and oxygen atoms in total. The van der Waals surface area contributed by atoms with Gasteiger partial charge >= 0.3 is 0 Å². The largest absolute Gasteiger partial charge is 0.378 e. The first-order chi connectivity index (χ1) is 9.36. The van der Waals surface area contributed by atoms with Gasteiger partial charge in [-0.05, 0) is 43.7 Å². The molecule has 106 valence electrons. The Bertz CT molecular complexity index is 620. The highest BCUT2D eigenvalue weighted by Crippen LogP contribution is 2.25. The molecule has 0 aliphatic rings. The summed E-state index contributed by atoms with van der Waals surface area (Å²) in [5.74, 6) is -2.58. The van der Waals surface area contributed by atoms with Crippen molar-refractivity contribution in [2.75, 3.05) is 5.32 Å². The summed E-state index contributed by atoms with van der Waals surface area (Å²) in [6.45, 7) is 3.04. The van der Waals surface area contributed by atoms with Crippen LogP contribution < -0.4 is 5.32 Å². The number of rotatable bonds is 3. The fourth-order valence-electron chi connectivity index (χ4n) is 1.96. The van der Waals surface area contributed by atoms with Crippen LogP contribution >= 0.6 is 0 Å². The van der Waals surface area contributed by atoms with Crippen LogP contribution in [0.25, 0.3) is 0 Å². The van der Waals surface area contributed by atoms with Crippen LogP contribution in [0.1, 0.15) is 24.1 Å². The second-order valence-electron chi connectivity index (χ2n) is 4.65. The molecule has 0 radical (unpaired) electrons. The summed E-state index contributed by atoms with van der Waals surface area (Å²) in [4.78, 5) is 0. The molecule has 0 bridgehead atoms. The summed E-state index contributed by atoms with van der Waals surface area (Å²) in [6, 6.07) is 4.45. The van der Waals surface area contributed by atoms with Gasteiger partial charge in [0, 0.05) is 17.3 Å². The van der Waals surface area contributed by atoms with Crippen molar-refractivity contribution in [2.45, 2.75) is 19.9 Å². The summed E-state index contributed by atoms with van der Waals surface area (Å²) >= 11 is 0. The lowest BCUT2D eigenvalue weighted by atomic mass is 10.0. The van der Waals surface area contributed by atoms with Gasteiger partial charge in [0.05, 0.1) is 6.04 Å². The Morgan fingerprint density at radius 3 is 2.05 bits per heavy atom. The standard InChI is InChI=1S/C15H13F4N/c1-8-3-15(19)13(7-14(8)18)9(2)20-12-5-10(16)4-11(17)6-12/h3-7,9,20H,1-2H3.